The van der Waals surface area contributed by atoms with Crippen LogP contribution in [0.4, 0.5) is 0 Å². The minimum Gasteiger partial charge on any atom is -0.481 e. The number of fused-ring (bicyclic) bond motifs is 8. The molecule has 0 unspecified atom stereocenters. The molecule has 214 valence electrons. The Labute approximate surface area is 238 Å². The van der Waals surface area contributed by atoms with Crippen molar-refractivity contribution in [2.24, 2.45) is 5.73 Å². The van der Waals surface area contributed by atoms with Crippen LogP contribution >= 0.6 is 0 Å². The Balaban J connectivity index is 2.00. The highest BCUT2D eigenvalue weighted by Gasteiger charge is 2.22. The molecule has 0 aliphatic carbocycles. The van der Waals surface area contributed by atoms with Crippen molar-refractivity contribution in [1.29, 1.82) is 0 Å². The number of carbonyl (C=O) groups excluding carboxylic acids is 1. The molecule has 41 heavy (non-hydrogen) atoms. The van der Waals surface area contributed by atoms with Crippen LogP contribution in [0.3, 0.4) is 0 Å². The van der Waals surface area contributed by atoms with E-state index in [4.69, 9.17) is 5.73 Å². The van der Waals surface area contributed by atoms with Crippen molar-refractivity contribution in [1.82, 2.24) is 19.9 Å². The Morgan fingerprint density at radius 3 is 2.07 bits per heavy atom. The van der Waals surface area contributed by atoms with E-state index in [1.165, 1.54) is 0 Å². The molecular weight excluding hydrogens is 514 g/mol. The van der Waals surface area contributed by atoms with Crippen LogP contribution in [0.5, 0.6) is 0 Å². The van der Waals surface area contributed by atoms with E-state index in [1.807, 2.05) is 13.8 Å². The van der Waals surface area contributed by atoms with E-state index in [2.05, 4.69) is 72.8 Å². The molecule has 7 N–H and O–H groups in total. The third-order valence-electron chi connectivity index (χ3n) is 8.70. The maximum absolute atomic E-state index is 13.1. The van der Waals surface area contributed by atoms with Gasteiger partial charge in [-0.15, -0.1) is 0 Å². The van der Waals surface area contributed by atoms with Crippen molar-refractivity contribution < 1.29 is 14.7 Å². The summed E-state index contributed by atoms with van der Waals surface area (Å²) < 4.78 is 0. The Bertz CT molecular complexity index is 1970. The second-order valence-electron chi connectivity index (χ2n) is 11.1. The Morgan fingerprint density at radius 1 is 0.780 bits per heavy atom. The molecule has 0 saturated heterocycles. The molecule has 0 aromatic carbocycles. The van der Waals surface area contributed by atoms with Gasteiger partial charge in [-0.05, 0) is 117 Å². The van der Waals surface area contributed by atoms with E-state index < -0.39 is 11.9 Å². The molecule has 1 aliphatic rings. The van der Waals surface area contributed by atoms with Gasteiger partial charge in [-0.25, -0.2) is 0 Å². The minimum atomic E-state index is -0.829. The molecule has 8 nitrogen and oxygen atoms in total. The highest BCUT2D eigenvalue weighted by molar-refractivity contribution is 6.18. The van der Waals surface area contributed by atoms with E-state index in [1.54, 1.807) is 0 Å². The number of aryl methyl sites for hydroxylation is 1. The van der Waals surface area contributed by atoms with Crippen LogP contribution in [0.1, 0.15) is 88.9 Å². The average Bonchev–Trinajstić information content (AvgIpc) is 3.62. The molecule has 0 saturated carbocycles. The van der Waals surface area contributed by atoms with Gasteiger partial charge < -0.3 is 30.8 Å². The first-order valence-corrected chi connectivity index (χ1v) is 14.2. The highest BCUT2D eigenvalue weighted by atomic mass is 16.4. The minimum absolute atomic E-state index is 0.0396. The number of primary amides is 1. The molecule has 0 fully saturated rings. The van der Waals surface area contributed by atoms with Gasteiger partial charge in [-0.2, -0.15) is 0 Å². The van der Waals surface area contributed by atoms with E-state index >= 15 is 0 Å². The Morgan fingerprint density at radius 2 is 1.44 bits per heavy atom. The summed E-state index contributed by atoms with van der Waals surface area (Å²) in [4.78, 5) is 39.0. The summed E-state index contributed by atoms with van der Waals surface area (Å²) in [6.07, 6.45) is 6.12. The van der Waals surface area contributed by atoms with Gasteiger partial charge >= 0.3 is 5.97 Å². The monoisotopic (exact) mass is 553 g/mol. The predicted octanol–water partition coefficient (Wildman–Crippen LogP) is 2.25. The van der Waals surface area contributed by atoms with E-state index in [-0.39, 0.29) is 6.42 Å². The number of H-pyrrole nitrogens is 4. The quantitative estimate of drug-likeness (QED) is 0.218. The number of aromatic amines is 4. The number of aliphatic carboxylic acids is 1. The lowest BCUT2D eigenvalue weighted by atomic mass is 10.00. The smallest absolute Gasteiger partial charge is 0.303 e. The van der Waals surface area contributed by atoms with E-state index in [9.17, 15) is 14.7 Å². The normalized spacial score (nSPS) is 12.9. The SMILES string of the molecule is CCc1c2[nH]c(c1C)C(C(N)=O)=c1[nH]c(c(C)c1CC)=Cc1[nH]c(c(CCC(=O)O)c1C)C(C)=c1cc(C)c([nH]1)=C2. The van der Waals surface area contributed by atoms with Crippen LogP contribution in [-0.4, -0.2) is 36.9 Å². The van der Waals surface area contributed by atoms with E-state index in [0.717, 1.165) is 102 Å². The van der Waals surface area contributed by atoms with Gasteiger partial charge in [0.15, 0.2) is 0 Å². The zero-order chi connectivity index (χ0) is 29.7. The van der Waals surface area contributed by atoms with Crippen LogP contribution in [0.25, 0.3) is 23.3 Å². The molecule has 5 rings (SSSR count). The van der Waals surface area contributed by atoms with Crippen LogP contribution in [0, 0.1) is 27.7 Å². The number of hydrogen-bond acceptors (Lipinski definition) is 2. The largest absolute Gasteiger partial charge is 0.481 e. The van der Waals surface area contributed by atoms with Crippen molar-refractivity contribution in [2.45, 2.75) is 74.1 Å². The van der Waals surface area contributed by atoms with Gasteiger partial charge in [0.1, 0.15) is 0 Å². The molecule has 1 amide bonds. The second kappa shape index (κ2) is 10.5. The number of hydrogen-bond donors (Lipinski definition) is 6. The van der Waals surface area contributed by atoms with Crippen molar-refractivity contribution in [3.63, 3.8) is 0 Å². The summed E-state index contributed by atoms with van der Waals surface area (Å²) in [5.74, 6) is -1.32. The predicted molar refractivity (Wildman–Crippen MR) is 162 cm³/mol. The second-order valence-corrected chi connectivity index (χ2v) is 11.1. The Hall–Kier alpha value is -4.46. The van der Waals surface area contributed by atoms with Gasteiger partial charge in [-0.3, -0.25) is 9.59 Å². The standard InChI is InChI=1S/C33H39N5O3/c1-8-20-18(6)31-29(33(34)41)32-21(9-2)16(4)25(37-32)14-26-17(5)22(10-11-28(39)40)30(36-26)19(7)24-12-15(3)23(35-24)13-27(20)38-31/h12-14,35-38H,8-11H2,1-7H3,(H2,34,41)(H,39,40). The van der Waals surface area contributed by atoms with Gasteiger partial charge in [0, 0.05) is 39.5 Å². The van der Waals surface area contributed by atoms with Crippen LogP contribution < -0.4 is 27.1 Å². The molecule has 5 heterocycles. The summed E-state index contributed by atoms with van der Waals surface area (Å²) in [6, 6.07) is 2.12. The summed E-state index contributed by atoms with van der Waals surface area (Å²) >= 11 is 0. The fourth-order valence-corrected chi connectivity index (χ4v) is 6.32. The van der Waals surface area contributed by atoms with Crippen LogP contribution in [0.2, 0.25) is 0 Å². The maximum atomic E-state index is 13.1. The number of aromatic nitrogens is 4. The average molecular weight is 554 g/mol. The van der Waals surface area contributed by atoms with Crippen molar-refractivity contribution in [2.75, 3.05) is 0 Å². The first kappa shape index (κ1) is 28.1. The van der Waals surface area contributed by atoms with Gasteiger partial charge in [0.2, 0.25) is 0 Å². The number of carboxylic acids is 1. The first-order valence-electron chi connectivity index (χ1n) is 14.2. The van der Waals surface area contributed by atoms with E-state index in [0.29, 0.717) is 12.0 Å². The fraction of sp³-hybridized carbons (Fsp3) is 0.333. The molecule has 4 aromatic heterocycles. The van der Waals surface area contributed by atoms with Crippen molar-refractivity contribution >= 4 is 35.2 Å². The number of nitrogens with one attached hydrogen (secondary N) is 4. The molecule has 4 aromatic rings. The topological polar surface area (TPSA) is 144 Å². The van der Waals surface area contributed by atoms with Gasteiger partial charge in [0.25, 0.3) is 5.91 Å². The van der Waals surface area contributed by atoms with Gasteiger partial charge in [-0.1, -0.05) is 13.8 Å². The van der Waals surface area contributed by atoms with Crippen molar-refractivity contribution in [3.05, 3.63) is 89.2 Å². The lowest BCUT2D eigenvalue weighted by Crippen LogP contribution is -2.26. The number of carbonyl (C=O) groups is 2. The summed E-state index contributed by atoms with van der Waals surface area (Å²) in [7, 11) is 0. The summed E-state index contributed by atoms with van der Waals surface area (Å²) in [5, 5.41) is 13.0. The highest BCUT2D eigenvalue weighted by Crippen LogP contribution is 2.27. The van der Waals surface area contributed by atoms with Crippen LogP contribution in [0.15, 0.2) is 6.07 Å². The zero-order valence-corrected chi connectivity index (χ0v) is 24.9. The number of carboxylic acid groups (broad SMARTS) is 1. The number of amides is 1. The Kier molecular flexibility index (Phi) is 7.19. The summed E-state index contributed by atoms with van der Waals surface area (Å²) in [5.41, 5.74) is 18.3. The molecule has 8 bridgehead atoms. The molecular formula is C33H39N5O3. The van der Waals surface area contributed by atoms with Gasteiger partial charge in [0.05, 0.1) is 16.6 Å². The zero-order valence-electron chi connectivity index (χ0n) is 24.9. The number of nitrogens with two attached hydrogens (primary N) is 1. The third-order valence-corrected chi connectivity index (χ3v) is 8.70. The molecule has 1 aliphatic heterocycles. The molecule has 0 radical (unpaired) electrons. The molecule has 8 heteroatoms. The first-order chi connectivity index (χ1) is 19.5. The number of rotatable bonds is 6. The molecule has 0 atom stereocenters. The lowest BCUT2D eigenvalue weighted by Gasteiger charge is -2.05. The van der Waals surface area contributed by atoms with Crippen LogP contribution in [-0.2, 0) is 28.9 Å². The van der Waals surface area contributed by atoms with Crippen molar-refractivity contribution in [3.8, 4) is 0 Å². The maximum Gasteiger partial charge on any atom is 0.303 e. The molecule has 0 spiro atoms. The summed E-state index contributed by atoms with van der Waals surface area (Å²) in [6.45, 7) is 14.4. The fourth-order valence-electron chi connectivity index (χ4n) is 6.32. The third kappa shape index (κ3) is 4.67. The lowest BCUT2D eigenvalue weighted by molar-refractivity contribution is -0.137.